The zero-order valence-electron chi connectivity index (χ0n) is 7.85. The van der Waals surface area contributed by atoms with Gasteiger partial charge in [-0.3, -0.25) is 0 Å². The number of nitriles is 1. The quantitative estimate of drug-likeness (QED) is 0.752. The average molecular weight is 188 g/mol. The molecule has 1 N–H and O–H groups in total. The number of benzene rings is 1. The Bertz CT molecular complexity index is 347. The van der Waals surface area contributed by atoms with Crippen LogP contribution in [-0.2, 0) is 0 Å². The Hall–Kier alpha value is -1.53. The summed E-state index contributed by atoms with van der Waals surface area (Å²) in [4.78, 5) is 2.20. The fourth-order valence-corrected chi connectivity index (χ4v) is 1.64. The minimum atomic E-state index is 0.271. The lowest BCUT2D eigenvalue weighted by Crippen LogP contribution is -2.48. The van der Waals surface area contributed by atoms with E-state index in [0.29, 0.717) is 11.5 Å². The highest BCUT2D eigenvalue weighted by Crippen LogP contribution is 2.24. The van der Waals surface area contributed by atoms with Gasteiger partial charge in [0.05, 0.1) is 11.6 Å². The lowest BCUT2D eigenvalue weighted by atomic mass is 10.0. The minimum absolute atomic E-state index is 0.271. The SMILES string of the molecule is N#Cc1ccc(N2CC(CO)C2)cc1. The molecule has 0 radical (unpaired) electrons. The van der Waals surface area contributed by atoms with Gasteiger partial charge >= 0.3 is 0 Å². The van der Waals surface area contributed by atoms with Crippen molar-refractivity contribution in [2.75, 3.05) is 24.6 Å². The molecule has 0 bridgehead atoms. The van der Waals surface area contributed by atoms with E-state index in [1.165, 1.54) is 0 Å². The summed E-state index contributed by atoms with van der Waals surface area (Å²) in [5.41, 5.74) is 1.82. The Kier molecular flexibility index (Phi) is 2.38. The Labute approximate surface area is 83.2 Å². The summed E-state index contributed by atoms with van der Waals surface area (Å²) in [6, 6.07) is 9.63. The van der Waals surface area contributed by atoms with Crippen molar-refractivity contribution in [3.05, 3.63) is 29.8 Å². The molecule has 1 aromatic rings. The van der Waals surface area contributed by atoms with Gasteiger partial charge < -0.3 is 10.0 Å². The van der Waals surface area contributed by atoms with Gasteiger partial charge in [0.2, 0.25) is 0 Å². The Balaban J connectivity index is 2.02. The van der Waals surface area contributed by atoms with Gasteiger partial charge in [0.25, 0.3) is 0 Å². The van der Waals surface area contributed by atoms with E-state index in [-0.39, 0.29) is 6.61 Å². The van der Waals surface area contributed by atoms with Gasteiger partial charge in [-0.2, -0.15) is 5.26 Å². The maximum Gasteiger partial charge on any atom is 0.0991 e. The molecule has 1 aliphatic rings. The van der Waals surface area contributed by atoms with Crippen LogP contribution < -0.4 is 4.90 Å². The molecule has 0 atom stereocenters. The molecule has 1 fully saturated rings. The molecule has 2 rings (SSSR count). The number of anilines is 1. The molecule has 3 nitrogen and oxygen atoms in total. The second kappa shape index (κ2) is 3.69. The number of hydrogen-bond donors (Lipinski definition) is 1. The number of hydrogen-bond acceptors (Lipinski definition) is 3. The molecule has 1 aromatic carbocycles. The number of rotatable bonds is 2. The van der Waals surface area contributed by atoms with E-state index >= 15 is 0 Å². The third-order valence-electron chi connectivity index (χ3n) is 2.58. The first-order valence-electron chi connectivity index (χ1n) is 4.69. The summed E-state index contributed by atoms with van der Waals surface area (Å²) in [5.74, 6) is 0.422. The van der Waals surface area contributed by atoms with Crippen molar-refractivity contribution < 1.29 is 5.11 Å². The van der Waals surface area contributed by atoms with E-state index < -0.39 is 0 Å². The highest BCUT2D eigenvalue weighted by molar-refractivity contribution is 5.51. The molecule has 0 amide bonds. The first-order valence-corrected chi connectivity index (χ1v) is 4.69. The van der Waals surface area contributed by atoms with Gasteiger partial charge in [0.1, 0.15) is 0 Å². The van der Waals surface area contributed by atoms with E-state index in [1.54, 1.807) is 0 Å². The zero-order chi connectivity index (χ0) is 9.97. The largest absolute Gasteiger partial charge is 0.396 e. The molecule has 14 heavy (non-hydrogen) atoms. The maximum atomic E-state index is 8.86. The molecule has 0 unspecified atom stereocenters. The van der Waals surface area contributed by atoms with Crippen LogP contribution in [0.5, 0.6) is 0 Å². The molecule has 1 heterocycles. The lowest BCUT2D eigenvalue weighted by Gasteiger charge is -2.40. The highest BCUT2D eigenvalue weighted by atomic mass is 16.3. The molecule has 0 aliphatic carbocycles. The maximum absolute atomic E-state index is 8.86. The summed E-state index contributed by atoms with van der Waals surface area (Å²) in [6.45, 7) is 2.11. The Morgan fingerprint density at radius 2 is 2.00 bits per heavy atom. The third-order valence-corrected chi connectivity index (χ3v) is 2.58. The van der Waals surface area contributed by atoms with Crippen LogP contribution in [0.1, 0.15) is 5.56 Å². The van der Waals surface area contributed by atoms with E-state index in [9.17, 15) is 0 Å². The normalized spacial score (nSPS) is 16.1. The van der Waals surface area contributed by atoms with Crippen molar-refractivity contribution >= 4 is 5.69 Å². The summed E-state index contributed by atoms with van der Waals surface area (Å²) >= 11 is 0. The van der Waals surface area contributed by atoms with Crippen molar-refractivity contribution in [3.63, 3.8) is 0 Å². The fourth-order valence-electron chi connectivity index (χ4n) is 1.64. The number of aliphatic hydroxyl groups is 1. The summed E-state index contributed by atoms with van der Waals surface area (Å²) in [5, 5.41) is 17.5. The van der Waals surface area contributed by atoms with E-state index in [1.807, 2.05) is 24.3 Å². The number of nitrogens with zero attached hydrogens (tertiary/aromatic N) is 2. The van der Waals surface area contributed by atoms with Crippen molar-refractivity contribution in [2.24, 2.45) is 5.92 Å². The van der Waals surface area contributed by atoms with Crippen LogP contribution >= 0.6 is 0 Å². The van der Waals surface area contributed by atoms with Crippen molar-refractivity contribution in [3.8, 4) is 6.07 Å². The van der Waals surface area contributed by atoms with Gasteiger partial charge in [-0.25, -0.2) is 0 Å². The van der Waals surface area contributed by atoms with Crippen LogP contribution in [0.4, 0.5) is 5.69 Å². The van der Waals surface area contributed by atoms with E-state index in [0.717, 1.165) is 18.8 Å². The van der Waals surface area contributed by atoms with Gasteiger partial charge in [-0.05, 0) is 24.3 Å². The van der Waals surface area contributed by atoms with Crippen molar-refractivity contribution in [1.82, 2.24) is 0 Å². The van der Waals surface area contributed by atoms with Crippen molar-refractivity contribution in [1.29, 1.82) is 5.26 Å². The standard InChI is InChI=1S/C11H12N2O/c12-5-9-1-3-11(4-2-9)13-6-10(7-13)8-14/h1-4,10,14H,6-8H2. The van der Waals surface area contributed by atoms with Gasteiger partial charge in [0, 0.05) is 31.3 Å². The van der Waals surface area contributed by atoms with Crippen LogP contribution in [0.15, 0.2) is 24.3 Å². The highest BCUT2D eigenvalue weighted by Gasteiger charge is 2.25. The molecule has 1 saturated heterocycles. The summed E-state index contributed by atoms with van der Waals surface area (Å²) in [7, 11) is 0. The third kappa shape index (κ3) is 1.57. The van der Waals surface area contributed by atoms with Crippen molar-refractivity contribution in [2.45, 2.75) is 0 Å². The predicted octanol–water partition coefficient (Wildman–Crippen LogP) is 0.987. The molecule has 0 aromatic heterocycles. The summed E-state index contributed by atoms with van der Waals surface area (Å²) < 4.78 is 0. The number of aliphatic hydroxyl groups excluding tert-OH is 1. The average Bonchev–Trinajstić information content (AvgIpc) is 2.17. The van der Waals surface area contributed by atoms with Gasteiger partial charge in [0.15, 0.2) is 0 Å². The summed E-state index contributed by atoms with van der Waals surface area (Å²) in [6.07, 6.45) is 0. The molecule has 0 saturated carbocycles. The van der Waals surface area contributed by atoms with Crippen LogP contribution in [0.3, 0.4) is 0 Å². The second-order valence-corrected chi connectivity index (χ2v) is 3.61. The lowest BCUT2D eigenvalue weighted by molar-refractivity contribution is 0.201. The topological polar surface area (TPSA) is 47.3 Å². The molecule has 72 valence electrons. The molecular weight excluding hydrogens is 176 g/mol. The van der Waals surface area contributed by atoms with Crippen LogP contribution in [0.2, 0.25) is 0 Å². The van der Waals surface area contributed by atoms with E-state index in [2.05, 4.69) is 11.0 Å². The van der Waals surface area contributed by atoms with Gasteiger partial charge in [-0.1, -0.05) is 0 Å². The smallest absolute Gasteiger partial charge is 0.0991 e. The first kappa shape index (κ1) is 9.04. The van der Waals surface area contributed by atoms with E-state index in [4.69, 9.17) is 10.4 Å². The predicted molar refractivity (Wildman–Crippen MR) is 53.9 cm³/mol. The monoisotopic (exact) mass is 188 g/mol. The Morgan fingerprint density at radius 1 is 1.36 bits per heavy atom. The fraction of sp³-hybridized carbons (Fsp3) is 0.364. The second-order valence-electron chi connectivity index (χ2n) is 3.61. The minimum Gasteiger partial charge on any atom is -0.396 e. The molecule has 3 heteroatoms. The molecule has 1 aliphatic heterocycles. The van der Waals surface area contributed by atoms with Crippen LogP contribution in [0, 0.1) is 17.2 Å². The first-order chi connectivity index (χ1) is 6.83. The van der Waals surface area contributed by atoms with Crippen LogP contribution in [0.25, 0.3) is 0 Å². The molecule has 0 spiro atoms. The molecular formula is C11H12N2O. The zero-order valence-corrected chi connectivity index (χ0v) is 7.85. The van der Waals surface area contributed by atoms with Gasteiger partial charge in [-0.15, -0.1) is 0 Å². The Morgan fingerprint density at radius 3 is 2.50 bits per heavy atom. The van der Waals surface area contributed by atoms with Crippen LogP contribution in [-0.4, -0.2) is 24.8 Å².